The van der Waals surface area contributed by atoms with Gasteiger partial charge in [0.1, 0.15) is 11.4 Å². The van der Waals surface area contributed by atoms with Gasteiger partial charge in [0.05, 0.1) is 6.61 Å². The van der Waals surface area contributed by atoms with Crippen LogP contribution in [0.25, 0.3) is 0 Å². The molecular formula is C9H11F3N2OS. The Morgan fingerprint density at radius 3 is 2.62 bits per heavy atom. The first-order chi connectivity index (χ1) is 7.48. The summed E-state index contributed by atoms with van der Waals surface area (Å²) in [5.41, 5.74) is -1.98. The number of nitrogens with two attached hydrogens (primary N) is 1. The summed E-state index contributed by atoms with van der Waals surface area (Å²) >= 11 is -0.231. The number of anilines is 1. The number of nitrogens with one attached hydrogen (secondary N) is 1. The molecule has 16 heavy (non-hydrogen) atoms. The minimum atomic E-state index is -4.35. The summed E-state index contributed by atoms with van der Waals surface area (Å²) in [6, 6.07) is 4.37. The minimum Gasteiger partial charge on any atom is -0.492 e. The first-order valence-electron chi connectivity index (χ1n) is 4.46. The van der Waals surface area contributed by atoms with E-state index < -0.39 is 5.51 Å². The average molecular weight is 252 g/mol. The lowest BCUT2D eigenvalue weighted by Gasteiger charge is -2.14. The summed E-state index contributed by atoms with van der Waals surface area (Å²) in [6.07, 6.45) is 0. The van der Waals surface area contributed by atoms with Crippen molar-refractivity contribution in [2.75, 3.05) is 12.0 Å². The summed E-state index contributed by atoms with van der Waals surface area (Å²) in [5, 5.41) is 0. The Labute approximate surface area is 95.1 Å². The van der Waals surface area contributed by atoms with Crippen LogP contribution in [0.1, 0.15) is 6.92 Å². The van der Waals surface area contributed by atoms with E-state index in [4.69, 9.17) is 10.6 Å². The van der Waals surface area contributed by atoms with Gasteiger partial charge in [-0.1, -0.05) is 6.07 Å². The number of hydrogen-bond donors (Lipinski definition) is 2. The quantitative estimate of drug-likeness (QED) is 0.491. The first kappa shape index (κ1) is 13.0. The predicted molar refractivity (Wildman–Crippen MR) is 57.3 cm³/mol. The van der Waals surface area contributed by atoms with E-state index in [1.165, 1.54) is 12.1 Å². The highest BCUT2D eigenvalue weighted by Crippen LogP contribution is 2.43. The highest BCUT2D eigenvalue weighted by molar-refractivity contribution is 8.00. The molecule has 0 radical (unpaired) electrons. The number of halogens is 3. The normalized spacial score (nSPS) is 11.3. The zero-order valence-corrected chi connectivity index (χ0v) is 9.28. The SMILES string of the molecule is CCOc1cccc(SC(F)(F)F)c1NN. The molecule has 0 fully saturated rings. The molecule has 0 saturated heterocycles. The number of benzene rings is 1. The van der Waals surface area contributed by atoms with Gasteiger partial charge in [0.25, 0.3) is 0 Å². The lowest BCUT2D eigenvalue weighted by molar-refractivity contribution is -0.0327. The third kappa shape index (κ3) is 3.49. The third-order valence-electron chi connectivity index (χ3n) is 1.66. The van der Waals surface area contributed by atoms with Gasteiger partial charge in [0.2, 0.25) is 0 Å². The van der Waals surface area contributed by atoms with Crippen LogP contribution in [0.4, 0.5) is 18.9 Å². The predicted octanol–water partition coefficient (Wildman–Crippen LogP) is 2.98. The number of nitrogen functional groups attached to an aromatic ring is 1. The molecule has 0 amide bonds. The standard InChI is InChI=1S/C9H11F3N2OS/c1-2-15-6-4-3-5-7(8(6)14-13)16-9(10,11)12/h3-5,14H,2,13H2,1H3. The van der Waals surface area contributed by atoms with Crippen molar-refractivity contribution in [3.8, 4) is 5.75 Å². The molecule has 90 valence electrons. The van der Waals surface area contributed by atoms with Gasteiger partial charge in [-0.25, -0.2) is 0 Å². The summed E-state index contributed by atoms with van der Waals surface area (Å²) in [5.74, 6) is 5.49. The topological polar surface area (TPSA) is 47.3 Å². The van der Waals surface area contributed by atoms with Crippen molar-refractivity contribution in [3.05, 3.63) is 18.2 Å². The van der Waals surface area contributed by atoms with Gasteiger partial charge in [-0.15, -0.1) is 0 Å². The molecule has 3 nitrogen and oxygen atoms in total. The summed E-state index contributed by atoms with van der Waals surface area (Å²) < 4.78 is 41.8. The second kappa shape index (κ2) is 5.31. The van der Waals surface area contributed by atoms with Gasteiger partial charge < -0.3 is 10.2 Å². The minimum absolute atomic E-state index is 0.0130. The fraction of sp³-hybridized carbons (Fsp3) is 0.333. The summed E-state index contributed by atoms with van der Waals surface area (Å²) in [6.45, 7) is 2.10. The van der Waals surface area contributed by atoms with E-state index in [9.17, 15) is 13.2 Å². The summed E-state index contributed by atoms with van der Waals surface area (Å²) in [7, 11) is 0. The zero-order chi connectivity index (χ0) is 12.2. The molecule has 1 aromatic rings. The number of ether oxygens (including phenoxy) is 1. The highest BCUT2D eigenvalue weighted by atomic mass is 32.2. The Kier molecular flexibility index (Phi) is 4.31. The van der Waals surface area contributed by atoms with Crippen molar-refractivity contribution in [3.63, 3.8) is 0 Å². The Morgan fingerprint density at radius 1 is 1.44 bits per heavy atom. The van der Waals surface area contributed by atoms with Crippen molar-refractivity contribution in [1.29, 1.82) is 0 Å². The van der Waals surface area contributed by atoms with Gasteiger partial charge in [0.15, 0.2) is 0 Å². The molecule has 1 aromatic carbocycles. The molecule has 0 spiro atoms. The van der Waals surface area contributed by atoms with Crippen LogP contribution in [0.5, 0.6) is 5.75 Å². The third-order valence-corrected chi connectivity index (χ3v) is 2.45. The van der Waals surface area contributed by atoms with E-state index in [1.54, 1.807) is 13.0 Å². The molecule has 0 aliphatic heterocycles. The second-order valence-electron chi connectivity index (χ2n) is 2.75. The molecule has 0 bridgehead atoms. The maximum atomic E-state index is 12.2. The molecule has 0 aliphatic carbocycles. The van der Waals surface area contributed by atoms with Crippen LogP contribution in [0.2, 0.25) is 0 Å². The average Bonchev–Trinajstić information content (AvgIpc) is 2.16. The molecule has 0 atom stereocenters. The van der Waals surface area contributed by atoms with Gasteiger partial charge in [0, 0.05) is 4.90 Å². The van der Waals surface area contributed by atoms with Crippen molar-refractivity contribution in [2.45, 2.75) is 17.3 Å². The van der Waals surface area contributed by atoms with E-state index in [0.29, 0.717) is 12.4 Å². The van der Waals surface area contributed by atoms with Crippen LogP contribution in [0, 0.1) is 0 Å². The van der Waals surface area contributed by atoms with Crippen molar-refractivity contribution < 1.29 is 17.9 Å². The highest BCUT2D eigenvalue weighted by Gasteiger charge is 2.31. The van der Waals surface area contributed by atoms with Gasteiger partial charge in [-0.05, 0) is 30.8 Å². The van der Waals surface area contributed by atoms with Crippen molar-refractivity contribution >= 4 is 17.4 Å². The van der Waals surface area contributed by atoms with Crippen LogP contribution < -0.4 is 16.0 Å². The lowest BCUT2D eigenvalue weighted by Crippen LogP contribution is -2.11. The maximum Gasteiger partial charge on any atom is 0.446 e. The van der Waals surface area contributed by atoms with E-state index in [-0.39, 0.29) is 22.3 Å². The number of para-hydroxylation sites is 1. The maximum absolute atomic E-state index is 12.2. The van der Waals surface area contributed by atoms with Crippen molar-refractivity contribution in [2.24, 2.45) is 5.84 Å². The molecule has 0 saturated carbocycles. The number of rotatable bonds is 4. The Bertz CT molecular complexity index is 357. The van der Waals surface area contributed by atoms with E-state index in [1.807, 2.05) is 0 Å². The lowest BCUT2D eigenvalue weighted by atomic mass is 10.3. The van der Waals surface area contributed by atoms with Crippen LogP contribution in [-0.4, -0.2) is 12.1 Å². The molecule has 0 unspecified atom stereocenters. The van der Waals surface area contributed by atoms with Crippen LogP contribution in [0.3, 0.4) is 0 Å². The molecule has 0 aromatic heterocycles. The van der Waals surface area contributed by atoms with Gasteiger partial charge in [-0.2, -0.15) is 13.2 Å². The molecule has 3 N–H and O–H groups in total. The van der Waals surface area contributed by atoms with Crippen LogP contribution in [0.15, 0.2) is 23.1 Å². The number of hydrogen-bond acceptors (Lipinski definition) is 4. The number of thioether (sulfide) groups is 1. The fourth-order valence-electron chi connectivity index (χ4n) is 1.14. The molecular weight excluding hydrogens is 241 g/mol. The van der Waals surface area contributed by atoms with E-state index >= 15 is 0 Å². The Hall–Kier alpha value is -1.08. The molecule has 1 rings (SSSR count). The van der Waals surface area contributed by atoms with E-state index in [2.05, 4.69) is 5.43 Å². The largest absolute Gasteiger partial charge is 0.492 e. The monoisotopic (exact) mass is 252 g/mol. The number of hydrazine groups is 1. The fourth-order valence-corrected chi connectivity index (χ4v) is 1.80. The zero-order valence-electron chi connectivity index (χ0n) is 8.47. The molecule has 0 aliphatic rings. The smallest absolute Gasteiger partial charge is 0.446 e. The van der Waals surface area contributed by atoms with Crippen LogP contribution >= 0.6 is 11.8 Å². The van der Waals surface area contributed by atoms with Crippen molar-refractivity contribution in [1.82, 2.24) is 0 Å². The summed E-state index contributed by atoms with van der Waals surface area (Å²) in [4.78, 5) is -0.0130. The van der Waals surface area contributed by atoms with Gasteiger partial charge in [-0.3, -0.25) is 5.84 Å². The van der Waals surface area contributed by atoms with Gasteiger partial charge >= 0.3 is 5.51 Å². The Morgan fingerprint density at radius 2 is 2.12 bits per heavy atom. The number of alkyl halides is 3. The van der Waals surface area contributed by atoms with E-state index in [0.717, 1.165) is 0 Å². The first-order valence-corrected chi connectivity index (χ1v) is 5.27. The Balaban J connectivity index is 3.04. The van der Waals surface area contributed by atoms with Crippen LogP contribution in [-0.2, 0) is 0 Å². The molecule has 0 heterocycles. The second-order valence-corrected chi connectivity index (χ2v) is 3.86. The molecule has 7 heteroatoms.